The van der Waals surface area contributed by atoms with Gasteiger partial charge in [0.25, 0.3) is 0 Å². The van der Waals surface area contributed by atoms with Crippen molar-refractivity contribution in [2.24, 2.45) is 5.73 Å². The van der Waals surface area contributed by atoms with Gasteiger partial charge in [0, 0.05) is 0 Å². The van der Waals surface area contributed by atoms with Crippen molar-refractivity contribution in [1.82, 2.24) is 0 Å². The Kier molecular flexibility index (Phi) is 11.4. The average Bonchev–Trinajstić information content (AvgIpc) is 2.56. The molecule has 0 radical (unpaired) electrons. The normalized spacial score (nSPS) is 10.7. The highest BCUT2D eigenvalue weighted by molar-refractivity contribution is 5.43. The van der Waals surface area contributed by atoms with E-state index in [0.717, 1.165) is 44.0 Å². The zero-order chi connectivity index (χ0) is 16.8. The molecular weight excluding hydrogens is 286 g/mol. The molecule has 0 amide bonds. The quantitative estimate of drug-likeness (QED) is 0.484. The van der Waals surface area contributed by atoms with E-state index in [1.165, 1.54) is 44.1 Å². The van der Waals surface area contributed by atoms with Gasteiger partial charge in [-0.05, 0) is 43.5 Å². The van der Waals surface area contributed by atoms with Crippen molar-refractivity contribution in [3.05, 3.63) is 23.8 Å². The van der Waals surface area contributed by atoms with Crippen LogP contribution in [-0.4, -0.2) is 19.8 Å². The van der Waals surface area contributed by atoms with Crippen LogP contribution in [0.2, 0.25) is 0 Å². The molecule has 0 saturated heterocycles. The fraction of sp³-hybridized carbons (Fsp3) is 0.700. The first kappa shape index (κ1) is 19.8. The van der Waals surface area contributed by atoms with Gasteiger partial charge < -0.3 is 15.2 Å². The van der Waals surface area contributed by atoms with Crippen LogP contribution in [-0.2, 0) is 6.42 Å². The highest BCUT2D eigenvalue weighted by atomic mass is 16.5. The summed E-state index contributed by atoms with van der Waals surface area (Å²) in [5.41, 5.74) is 6.88. The summed E-state index contributed by atoms with van der Waals surface area (Å²) >= 11 is 0. The third-order valence-corrected chi connectivity index (χ3v) is 3.95. The van der Waals surface area contributed by atoms with Crippen LogP contribution < -0.4 is 15.2 Å². The molecule has 1 rings (SSSR count). The van der Waals surface area contributed by atoms with Crippen molar-refractivity contribution in [3.63, 3.8) is 0 Å². The van der Waals surface area contributed by atoms with Crippen LogP contribution in [0.4, 0.5) is 0 Å². The first-order valence-electron chi connectivity index (χ1n) is 9.40. The van der Waals surface area contributed by atoms with Crippen molar-refractivity contribution in [3.8, 4) is 11.5 Å². The molecule has 1 aromatic rings. The average molecular weight is 322 g/mol. The van der Waals surface area contributed by atoms with E-state index >= 15 is 0 Å². The Morgan fingerprint density at radius 1 is 0.783 bits per heavy atom. The summed E-state index contributed by atoms with van der Waals surface area (Å²) in [4.78, 5) is 0. The summed E-state index contributed by atoms with van der Waals surface area (Å²) in [5, 5.41) is 0. The van der Waals surface area contributed by atoms with Gasteiger partial charge in [0.15, 0.2) is 11.5 Å². The molecule has 0 heterocycles. The second-order valence-electron chi connectivity index (χ2n) is 6.14. The van der Waals surface area contributed by atoms with Gasteiger partial charge in [-0.25, -0.2) is 0 Å². The maximum atomic E-state index is 5.98. The maximum Gasteiger partial charge on any atom is 0.161 e. The molecule has 3 nitrogen and oxygen atoms in total. The fourth-order valence-corrected chi connectivity index (χ4v) is 2.53. The number of benzene rings is 1. The van der Waals surface area contributed by atoms with Crippen LogP contribution in [0, 0.1) is 0 Å². The Bertz CT molecular complexity index is 407. The van der Waals surface area contributed by atoms with Crippen LogP contribution in [0.3, 0.4) is 0 Å². The molecule has 0 aliphatic heterocycles. The summed E-state index contributed by atoms with van der Waals surface area (Å²) in [7, 11) is 0. The summed E-state index contributed by atoms with van der Waals surface area (Å²) in [6, 6.07) is 6.22. The summed E-state index contributed by atoms with van der Waals surface area (Å²) < 4.78 is 11.9. The Labute approximate surface area is 142 Å². The lowest BCUT2D eigenvalue weighted by Crippen LogP contribution is -2.06. The van der Waals surface area contributed by atoms with Crippen LogP contribution in [0.15, 0.2) is 18.2 Å². The molecule has 0 aliphatic rings. The third kappa shape index (κ3) is 8.85. The Morgan fingerprint density at radius 2 is 1.39 bits per heavy atom. The largest absolute Gasteiger partial charge is 0.490 e. The highest BCUT2D eigenvalue weighted by Crippen LogP contribution is 2.29. The number of hydrogen-bond donors (Lipinski definition) is 1. The number of hydrogen-bond acceptors (Lipinski definition) is 3. The fourth-order valence-electron chi connectivity index (χ4n) is 2.53. The Hall–Kier alpha value is -1.22. The zero-order valence-corrected chi connectivity index (χ0v) is 15.1. The number of ether oxygens (including phenoxy) is 2. The predicted molar refractivity (Wildman–Crippen MR) is 98.5 cm³/mol. The monoisotopic (exact) mass is 321 g/mol. The van der Waals surface area contributed by atoms with E-state index in [2.05, 4.69) is 26.0 Å². The number of nitrogens with two attached hydrogens (primary N) is 1. The van der Waals surface area contributed by atoms with Crippen LogP contribution in [0.1, 0.15) is 70.8 Å². The van der Waals surface area contributed by atoms with E-state index < -0.39 is 0 Å². The molecule has 23 heavy (non-hydrogen) atoms. The summed E-state index contributed by atoms with van der Waals surface area (Å²) in [5.74, 6) is 1.75. The van der Waals surface area contributed by atoms with Crippen molar-refractivity contribution >= 4 is 0 Å². The van der Waals surface area contributed by atoms with Crippen LogP contribution in [0.5, 0.6) is 11.5 Å². The molecule has 0 fully saturated rings. The zero-order valence-electron chi connectivity index (χ0n) is 15.1. The molecule has 0 aromatic heterocycles. The number of rotatable bonds is 14. The van der Waals surface area contributed by atoms with Crippen LogP contribution in [0.25, 0.3) is 0 Å². The van der Waals surface area contributed by atoms with E-state index in [0.29, 0.717) is 6.54 Å². The van der Waals surface area contributed by atoms with Gasteiger partial charge in [-0.3, -0.25) is 0 Å². The number of unbranched alkanes of at least 4 members (excludes halogenated alkanes) is 6. The van der Waals surface area contributed by atoms with Crippen molar-refractivity contribution in [1.29, 1.82) is 0 Å². The Morgan fingerprint density at radius 3 is 1.96 bits per heavy atom. The van der Waals surface area contributed by atoms with Gasteiger partial charge >= 0.3 is 0 Å². The lowest BCUT2D eigenvalue weighted by atomic mass is 10.1. The molecule has 0 atom stereocenters. The molecule has 2 N–H and O–H groups in total. The molecule has 1 aromatic carbocycles. The smallest absolute Gasteiger partial charge is 0.161 e. The molecule has 0 saturated carbocycles. The molecule has 0 bridgehead atoms. The van der Waals surface area contributed by atoms with Crippen molar-refractivity contribution in [2.75, 3.05) is 19.8 Å². The van der Waals surface area contributed by atoms with E-state index in [1.54, 1.807) is 0 Å². The van der Waals surface area contributed by atoms with Crippen molar-refractivity contribution in [2.45, 2.75) is 71.6 Å². The first-order chi connectivity index (χ1) is 11.3. The van der Waals surface area contributed by atoms with E-state index in [1.807, 2.05) is 6.07 Å². The van der Waals surface area contributed by atoms with Gasteiger partial charge in [-0.1, -0.05) is 58.4 Å². The second-order valence-corrected chi connectivity index (χ2v) is 6.14. The molecule has 132 valence electrons. The Balaban J connectivity index is 2.52. The predicted octanol–water partition coefficient (Wildman–Crippen LogP) is 5.11. The minimum absolute atomic E-state index is 0.660. The second kappa shape index (κ2) is 13.2. The summed E-state index contributed by atoms with van der Waals surface area (Å²) in [6.07, 6.45) is 10.6. The lowest BCUT2D eigenvalue weighted by Gasteiger charge is -2.14. The molecule has 0 spiro atoms. The van der Waals surface area contributed by atoms with Gasteiger partial charge in [0.05, 0.1) is 13.2 Å². The SMILES string of the molecule is CCCCCCOc1ccc(CCN)cc1OCCCCCC. The van der Waals surface area contributed by atoms with E-state index in [4.69, 9.17) is 15.2 Å². The van der Waals surface area contributed by atoms with E-state index in [9.17, 15) is 0 Å². The maximum absolute atomic E-state index is 5.98. The van der Waals surface area contributed by atoms with Crippen LogP contribution >= 0.6 is 0 Å². The molecule has 0 aliphatic carbocycles. The van der Waals surface area contributed by atoms with Crippen molar-refractivity contribution < 1.29 is 9.47 Å². The van der Waals surface area contributed by atoms with E-state index in [-0.39, 0.29) is 0 Å². The topological polar surface area (TPSA) is 44.5 Å². The molecule has 3 heteroatoms. The van der Waals surface area contributed by atoms with Gasteiger partial charge in [0.2, 0.25) is 0 Å². The van der Waals surface area contributed by atoms with Gasteiger partial charge in [0.1, 0.15) is 0 Å². The highest BCUT2D eigenvalue weighted by Gasteiger charge is 2.07. The van der Waals surface area contributed by atoms with Gasteiger partial charge in [-0.2, -0.15) is 0 Å². The minimum Gasteiger partial charge on any atom is -0.490 e. The third-order valence-electron chi connectivity index (χ3n) is 3.95. The minimum atomic E-state index is 0.660. The summed E-state index contributed by atoms with van der Waals surface area (Å²) in [6.45, 7) is 6.64. The van der Waals surface area contributed by atoms with Gasteiger partial charge in [-0.15, -0.1) is 0 Å². The molecule has 0 unspecified atom stereocenters. The standard InChI is InChI=1S/C20H35NO2/c1-3-5-7-9-15-22-19-12-11-18(13-14-21)17-20(19)23-16-10-8-6-4-2/h11-12,17H,3-10,13-16,21H2,1-2H3. The lowest BCUT2D eigenvalue weighted by molar-refractivity contribution is 0.258. The first-order valence-corrected chi connectivity index (χ1v) is 9.40. The molecular formula is C20H35NO2.